The van der Waals surface area contributed by atoms with Gasteiger partial charge in [0.25, 0.3) is 6.43 Å². The highest BCUT2D eigenvalue weighted by Crippen LogP contribution is 2.34. The maximum atomic E-state index is 12.8. The van der Waals surface area contributed by atoms with E-state index in [0.29, 0.717) is 5.56 Å². The first-order valence-electron chi connectivity index (χ1n) is 4.41. The largest absolute Gasteiger partial charge is 0.496 e. The molecule has 0 fully saturated rings. The van der Waals surface area contributed by atoms with Crippen LogP contribution >= 0.6 is 11.6 Å². The lowest BCUT2D eigenvalue weighted by Crippen LogP contribution is -2.04. The van der Waals surface area contributed by atoms with E-state index in [-0.39, 0.29) is 29.3 Å². The van der Waals surface area contributed by atoms with E-state index in [2.05, 4.69) is 4.98 Å². The van der Waals surface area contributed by atoms with Crippen LogP contribution in [-0.2, 0) is 12.3 Å². The van der Waals surface area contributed by atoms with Crippen LogP contribution in [0, 0.1) is 11.3 Å². The number of halogens is 3. The minimum atomic E-state index is -2.73. The Morgan fingerprint density at radius 1 is 1.62 bits per heavy atom. The van der Waals surface area contributed by atoms with E-state index in [1.807, 2.05) is 6.07 Å². The van der Waals surface area contributed by atoms with Crippen LogP contribution in [0.3, 0.4) is 0 Å². The number of nitriles is 1. The van der Waals surface area contributed by atoms with Gasteiger partial charge in [-0.15, -0.1) is 11.6 Å². The van der Waals surface area contributed by atoms with Crippen molar-refractivity contribution in [3.63, 3.8) is 0 Å². The predicted molar refractivity (Wildman–Crippen MR) is 54.6 cm³/mol. The Kier molecular flexibility index (Phi) is 4.44. The Morgan fingerprint density at radius 2 is 2.31 bits per heavy atom. The Balaban J connectivity index is 3.38. The van der Waals surface area contributed by atoms with Crippen molar-refractivity contribution < 1.29 is 13.5 Å². The molecule has 0 aliphatic heterocycles. The van der Waals surface area contributed by atoms with Crippen molar-refractivity contribution in [1.29, 1.82) is 5.26 Å². The monoisotopic (exact) mass is 246 g/mol. The third-order valence-electron chi connectivity index (χ3n) is 2.04. The Labute approximate surface area is 96.6 Å². The normalized spacial score (nSPS) is 10.2. The standard InChI is InChI=1S/C10H9ClF2N2O/c1-16-9-6(2-3-14)5-15-7(4-11)8(9)10(12)13/h5,10H,2,4H2,1H3. The summed E-state index contributed by atoms with van der Waals surface area (Å²) in [5.41, 5.74) is 0.0922. The Morgan fingerprint density at radius 3 is 2.75 bits per heavy atom. The van der Waals surface area contributed by atoms with Gasteiger partial charge in [-0.1, -0.05) is 0 Å². The molecule has 6 heteroatoms. The van der Waals surface area contributed by atoms with Gasteiger partial charge in [-0.3, -0.25) is 4.98 Å². The number of hydrogen-bond donors (Lipinski definition) is 0. The third kappa shape index (κ3) is 2.39. The molecule has 1 rings (SSSR count). The molecule has 0 saturated carbocycles. The second-order valence-corrected chi connectivity index (χ2v) is 3.21. The summed E-state index contributed by atoms with van der Waals surface area (Å²) >= 11 is 5.52. The second-order valence-electron chi connectivity index (χ2n) is 2.95. The van der Waals surface area contributed by atoms with Crippen molar-refractivity contribution in [2.75, 3.05) is 7.11 Å². The van der Waals surface area contributed by atoms with Crippen molar-refractivity contribution in [2.45, 2.75) is 18.7 Å². The topological polar surface area (TPSA) is 45.9 Å². The fourth-order valence-electron chi connectivity index (χ4n) is 1.37. The first-order valence-corrected chi connectivity index (χ1v) is 4.94. The maximum absolute atomic E-state index is 12.8. The zero-order valence-corrected chi connectivity index (χ0v) is 9.26. The van der Waals surface area contributed by atoms with Crippen LogP contribution in [0.5, 0.6) is 5.75 Å². The second kappa shape index (κ2) is 5.61. The molecule has 3 nitrogen and oxygen atoms in total. The molecule has 0 amide bonds. The zero-order valence-electron chi connectivity index (χ0n) is 8.51. The minimum Gasteiger partial charge on any atom is -0.496 e. The van der Waals surface area contributed by atoms with Gasteiger partial charge in [0.2, 0.25) is 0 Å². The van der Waals surface area contributed by atoms with Gasteiger partial charge in [0.05, 0.1) is 36.7 Å². The van der Waals surface area contributed by atoms with Gasteiger partial charge in [0.15, 0.2) is 0 Å². The number of methoxy groups -OCH3 is 1. The summed E-state index contributed by atoms with van der Waals surface area (Å²) in [7, 11) is 1.28. The highest BCUT2D eigenvalue weighted by molar-refractivity contribution is 6.17. The quantitative estimate of drug-likeness (QED) is 0.768. The molecule has 0 radical (unpaired) electrons. The smallest absolute Gasteiger partial charge is 0.269 e. The van der Waals surface area contributed by atoms with Gasteiger partial charge in [-0.2, -0.15) is 5.26 Å². The average Bonchev–Trinajstić information content (AvgIpc) is 2.28. The number of ether oxygens (including phenoxy) is 1. The predicted octanol–water partition coefficient (Wildman–Crippen LogP) is 2.83. The average molecular weight is 247 g/mol. The molecule has 1 aromatic rings. The van der Waals surface area contributed by atoms with E-state index in [1.165, 1.54) is 13.3 Å². The lowest BCUT2D eigenvalue weighted by molar-refractivity contribution is 0.145. The summed E-state index contributed by atoms with van der Waals surface area (Å²) in [5, 5.41) is 8.55. The molecule has 0 aromatic carbocycles. The highest BCUT2D eigenvalue weighted by atomic mass is 35.5. The summed E-state index contributed by atoms with van der Waals surface area (Å²) in [6.45, 7) is 0. The van der Waals surface area contributed by atoms with Gasteiger partial charge in [-0.05, 0) is 0 Å². The van der Waals surface area contributed by atoms with E-state index in [0.717, 1.165) is 0 Å². The van der Waals surface area contributed by atoms with E-state index >= 15 is 0 Å². The fourth-order valence-corrected chi connectivity index (χ4v) is 1.58. The molecule has 1 heterocycles. The van der Waals surface area contributed by atoms with Crippen LogP contribution in [0.4, 0.5) is 8.78 Å². The summed E-state index contributed by atoms with van der Waals surface area (Å²) in [6.07, 6.45) is -1.42. The van der Waals surface area contributed by atoms with Crippen LogP contribution in [0.15, 0.2) is 6.20 Å². The summed E-state index contributed by atoms with van der Waals surface area (Å²) in [6, 6.07) is 1.86. The number of alkyl halides is 3. The lowest BCUT2D eigenvalue weighted by Gasteiger charge is -2.13. The van der Waals surface area contributed by atoms with Crippen LogP contribution < -0.4 is 4.74 Å². The first-order chi connectivity index (χ1) is 7.65. The van der Waals surface area contributed by atoms with Crippen LogP contribution in [0.2, 0.25) is 0 Å². The maximum Gasteiger partial charge on any atom is 0.269 e. The molecular weight excluding hydrogens is 238 g/mol. The van der Waals surface area contributed by atoms with Gasteiger partial charge in [0, 0.05) is 11.8 Å². The van der Waals surface area contributed by atoms with E-state index < -0.39 is 6.43 Å². The molecular formula is C10H9ClF2N2O. The van der Waals surface area contributed by atoms with Gasteiger partial charge in [0.1, 0.15) is 5.75 Å². The van der Waals surface area contributed by atoms with Gasteiger partial charge in [-0.25, -0.2) is 8.78 Å². The molecule has 1 aromatic heterocycles. The SMILES string of the molecule is COc1c(CC#N)cnc(CCl)c1C(F)F. The van der Waals surface area contributed by atoms with Crippen molar-refractivity contribution in [3.05, 3.63) is 23.0 Å². The zero-order chi connectivity index (χ0) is 12.1. The van der Waals surface area contributed by atoms with Gasteiger partial charge < -0.3 is 4.74 Å². The molecule has 16 heavy (non-hydrogen) atoms. The number of nitrogens with zero attached hydrogens (tertiary/aromatic N) is 2. The summed E-state index contributed by atoms with van der Waals surface area (Å²) in [5.74, 6) is -0.120. The number of pyridine rings is 1. The molecule has 0 aliphatic rings. The first kappa shape index (κ1) is 12.7. The number of hydrogen-bond acceptors (Lipinski definition) is 3. The Bertz CT molecular complexity index is 418. The van der Waals surface area contributed by atoms with Gasteiger partial charge >= 0.3 is 0 Å². The molecule has 0 bridgehead atoms. The summed E-state index contributed by atoms with van der Waals surface area (Å²) in [4.78, 5) is 3.80. The van der Waals surface area contributed by atoms with E-state index in [1.54, 1.807) is 0 Å². The summed E-state index contributed by atoms with van der Waals surface area (Å²) < 4.78 is 30.5. The lowest BCUT2D eigenvalue weighted by atomic mass is 10.1. The molecule has 0 atom stereocenters. The van der Waals surface area contributed by atoms with Crippen LogP contribution in [-0.4, -0.2) is 12.1 Å². The van der Waals surface area contributed by atoms with Crippen LogP contribution in [0.25, 0.3) is 0 Å². The highest BCUT2D eigenvalue weighted by Gasteiger charge is 2.22. The van der Waals surface area contributed by atoms with E-state index in [9.17, 15) is 8.78 Å². The van der Waals surface area contributed by atoms with Crippen molar-refractivity contribution in [2.24, 2.45) is 0 Å². The molecule has 0 unspecified atom stereocenters. The van der Waals surface area contributed by atoms with E-state index in [4.69, 9.17) is 21.6 Å². The molecule has 86 valence electrons. The molecule has 0 aliphatic carbocycles. The molecule has 0 spiro atoms. The number of aromatic nitrogens is 1. The van der Waals surface area contributed by atoms with Crippen molar-refractivity contribution >= 4 is 11.6 Å². The Hall–Kier alpha value is -1.41. The number of rotatable bonds is 4. The fraction of sp³-hybridized carbons (Fsp3) is 0.400. The molecule has 0 saturated heterocycles. The third-order valence-corrected chi connectivity index (χ3v) is 2.29. The minimum absolute atomic E-state index is 0.00204. The molecule has 0 N–H and O–H groups in total. The van der Waals surface area contributed by atoms with Crippen molar-refractivity contribution in [3.8, 4) is 11.8 Å². The van der Waals surface area contributed by atoms with Crippen LogP contribution in [0.1, 0.15) is 23.2 Å². The van der Waals surface area contributed by atoms with Crippen molar-refractivity contribution in [1.82, 2.24) is 4.98 Å².